The van der Waals surface area contributed by atoms with Crippen molar-refractivity contribution in [1.29, 1.82) is 0 Å². The van der Waals surface area contributed by atoms with Gasteiger partial charge in [-0.15, -0.1) is 0 Å². The molecule has 0 atom stereocenters. The largest absolute Gasteiger partial charge is 0.486 e. The van der Waals surface area contributed by atoms with Gasteiger partial charge in [0.1, 0.15) is 28.9 Å². The lowest BCUT2D eigenvalue weighted by atomic mass is 10.1. The summed E-state index contributed by atoms with van der Waals surface area (Å²) in [5, 5.41) is 3.79. The van der Waals surface area contributed by atoms with Gasteiger partial charge in [-0.2, -0.15) is 0 Å². The molecule has 0 bridgehead atoms. The summed E-state index contributed by atoms with van der Waals surface area (Å²) in [6, 6.07) is 2.95. The van der Waals surface area contributed by atoms with Gasteiger partial charge in [-0.25, -0.2) is 4.79 Å². The van der Waals surface area contributed by atoms with E-state index in [1.807, 2.05) is 0 Å². The Labute approximate surface area is 126 Å². The lowest BCUT2D eigenvalue weighted by Gasteiger charge is -2.38. The van der Waals surface area contributed by atoms with Crippen molar-refractivity contribution in [2.75, 3.05) is 13.1 Å². The highest BCUT2D eigenvalue weighted by atomic mass is 16.5. The van der Waals surface area contributed by atoms with Crippen molar-refractivity contribution < 1.29 is 18.5 Å². The smallest absolute Gasteiger partial charge is 0.339 e. The van der Waals surface area contributed by atoms with Crippen molar-refractivity contribution in [3.05, 3.63) is 45.3 Å². The van der Waals surface area contributed by atoms with E-state index in [1.54, 1.807) is 31.7 Å². The summed E-state index contributed by atoms with van der Waals surface area (Å²) in [6.45, 7) is 6.06. The molecule has 7 nitrogen and oxygen atoms in total. The first kappa shape index (κ1) is 14.4. The van der Waals surface area contributed by atoms with Crippen LogP contribution in [0.4, 0.5) is 0 Å². The molecule has 1 aliphatic heterocycles. The van der Waals surface area contributed by atoms with E-state index < -0.39 is 5.63 Å². The molecule has 3 heterocycles. The van der Waals surface area contributed by atoms with Crippen LogP contribution < -0.4 is 10.4 Å². The monoisotopic (exact) mass is 304 g/mol. The molecular formula is C15H16N2O5. The molecule has 0 spiro atoms. The Kier molecular flexibility index (Phi) is 3.48. The molecule has 0 unspecified atom stereocenters. The maximum atomic E-state index is 12.3. The number of likely N-dealkylation sites (tertiary alicyclic amines) is 1. The number of aryl methyl sites for hydroxylation is 3. The number of hydrogen-bond donors (Lipinski definition) is 0. The van der Waals surface area contributed by atoms with Gasteiger partial charge < -0.3 is 18.6 Å². The summed E-state index contributed by atoms with van der Waals surface area (Å²) in [4.78, 5) is 25.3. The van der Waals surface area contributed by atoms with Crippen LogP contribution in [0, 0.1) is 20.8 Å². The molecule has 1 aliphatic rings. The van der Waals surface area contributed by atoms with Gasteiger partial charge in [0.2, 0.25) is 0 Å². The van der Waals surface area contributed by atoms with Crippen LogP contribution >= 0.6 is 0 Å². The quantitative estimate of drug-likeness (QED) is 0.853. The van der Waals surface area contributed by atoms with Crippen LogP contribution in [-0.4, -0.2) is 35.2 Å². The van der Waals surface area contributed by atoms with E-state index in [1.165, 1.54) is 6.07 Å². The van der Waals surface area contributed by atoms with E-state index in [9.17, 15) is 9.59 Å². The number of carbonyl (C=O) groups is 1. The van der Waals surface area contributed by atoms with Crippen LogP contribution in [0.15, 0.2) is 25.9 Å². The fourth-order valence-corrected chi connectivity index (χ4v) is 2.46. The zero-order chi connectivity index (χ0) is 15.9. The highest BCUT2D eigenvalue weighted by Crippen LogP contribution is 2.22. The van der Waals surface area contributed by atoms with Crippen molar-refractivity contribution in [2.24, 2.45) is 0 Å². The highest BCUT2D eigenvalue weighted by molar-refractivity contribution is 5.96. The highest BCUT2D eigenvalue weighted by Gasteiger charge is 2.35. The Morgan fingerprint density at radius 1 is 1.32 bits per heavy atom. The second-order valence-corrected chi connectivity index (χ2v) is 5.37. The minimum atomic E-state index is -0.446. The third-order valence-corrected chi connectivity index (χ3v) is 3.55. The maximum absolute atomic E-state index is 12.3. The van der Waals surface area contributed by atoms with Gasteiger partial charge in [-0.1, -0.05) is 5.16 Å². The lowest BCUT2D eigenvalue weighted by Crippen LogP contribution is -2.56. The Morgan fingerprint density at radius 3 is 2.64 bits per heavy atom. The lowest BCUT2D eigenvalue weighted by molar-refractivity contribution is 0.0173. The predicted octanol–water partition coefficient (Wildman–Crippen LogP) is 1.46. The molecular weight excluding hydrogens is 288 g/mol. The molecule has 1 fully saturated rings. The molecule has 0 aromatic carbocycles. The standard InChI is InChI=1S/C15H16N2O5/c1-8-4-11(5-13(18)20-8)21-12-6-17(7-12)15(19)14-9(2)16-22-10(14)3/h4-5,12H,6-7H2,1-3H3. The molecule has 1 saturated heterocycles. The van der Waals surface area contributed by atoms with Gasteiger partial charge in [0.25, 0.3) is 5.91 Å². The number of carbonyl (C=O) groups excluding carboxylic acids is 1. The average Bonchev–Trinajstić information content (AvgIpc) is 2.71. The molecule has 0 saturated carbocycles. The topological polar surface area (TPSA) is 85.8 Å². The third kappa shape index (κ3) is 2.61. The van der Waals surface area contributed by atoms with E-state index in [0.29, 0.717) is 41.6 Å². The van der Waals surface area contributed by atoms with Crippen LogP contribution in [0.5, 0.6) is 5.75 Å². The normalized spacial score (nSPS) is 14.8. The van der Waals surface area contributed by atoms with E-state index in [2.05, 4.69) is 5.16 Å². The fourth-order valence-electron chi connectivity index (χ4n) is 2.46. The summed E-state index contributed by atoms with van der Waals surface area (Å²) in [6.07, 6.45) is -0.134. The average molecular weight is 304 g/mol. The molecule has 2 aromatic heterocycles. The van der Waals surface area contributed by atoms with Crippen molar-refractivity contribution in [1.82, 2.24) is 10.1 Å². The summed E-state index contributed by atoms with van der Waals surface area (Å²) < 4.78 is 15.6. The molecule has 3 rings (SSSR count). The van der Waals surface area contributed by atoms with Crippen molar-refractivity contribution in [3.63, 3.8) is 0 Å². The van der Waals surface area contributed by atoms with Crippen LogP contribution in [0.1, 0.15) is 27.6 Å². The first-order valence-electron chi connectivity index (χ1n) is 6.94. The Morgan fingerprint density at radius 2 is 2.05 bits per heavy atom. The SMILES string of the molecule is Cc1cc(OC2CN(C(=O)c3c(C)noc3C)C2)cc(=O)o1. The first-order chi connectivity index (χ1) is 10.4. The summed E-state index contributed by atoms with van der Waals surface area (Å²) in [7, 11) is 0. The number of nitrogens with zero attached hydrogens (tertiary/aromatic N) is 2. The zero-order valence-electron chi connectivity index (χ0n) is 12.6. The summed E-state index contributed by atoms with van der Waals surface area (Å²) in [5.74, 6) is 1.36. The molecule has 1 amide bonds. The number of hydrogen-bond acceptors (Lipinski definition) is 6. The van der Waals surface area contributed by atoms with Gasteiger partial charge in [-0.05, 0) is 20.8 Å². The number of rotatable bonds is 3. The molecule has 2 aromatic rings. The van der Waals surface area contributed by atoms with Gasteiger partial charge in [-0.3, -0.25) is 4.79 Å². The van der Waals surface area contributed by atoms with Gasteiger partial charge >= 0.3 is 5.63 Å². The molecule has 0 radical (unpaired) electrons. The van der Waals surface area contributed by atoms with E-state index in [0.717, 1.165) is 0 Å². The van der Waals surface area contributed by atoms with Crippen molar-refractivity contribution in [2.45, 2.75) is 26.9 Å². The second-order valence-electron chi connectivity index (χ2n) is 5.37. The number of aromatic nitrogens is 1. The molecule has 116 valence electrons. The fraction of sp³-hybridized carbons (Fsp3) is 0.400. The predicted molar refractivity (Wildman–Crippen MR) is 76.0 cm³/mol. The van der Waals surface area contributed by atoms with Crippen LogP contribution in [0.2, 0.25) is 0 Å². The van der Waals surface area contributed by atoms with Crippen LogP contribution in [0.3, 0.4) is 0 Å². The van der Waals surface area contributed by atoms with Gasteiger partial charge in [0, 0.05) is 6.07 Å². The maximum Gasteiger partial charge on any atom is 0.339 e. The van der Waals surface area contributed by atoms with Crippen molar-refractivity contribution in [3.8, 4) is 5.75 Å². The second kappa shape index (κ2) is 5.32. The first-order valence-corrected chi connectivity index (χ1v) is 6.94. The van der Waals surface area contributed by atoms with Crippen LogP contribution in [-0.2, 0) is 0 Å². The minimum Gasteiger partial charge on any atom is -0.486 e. The molecule has 22 heavy (non-hydrogen) atoms. The zero-order valence-corrected chi connectivity index (χ0v) is 12.6. The number of ether oxygens (including phenoxy) is 1. The molecule has 0 aliphatic carbocycles. The number of amides is 1. The van der Waals surface area contributed by atoms with Crippen molar-refractivity contribution >= 4 is 5.91 Å². The van der Waals surface area contributed by atoms with E-state index >= 15 is 0 Å². The van der Waals surface area contributed by atoms with Gasteiger partial charge in [0.15, 0.2) is 0 Å². The Balaban J connectivity index is 1.62. The molecule has 7 heteroatoms. The summed E-state index contributed by atoms with van der Waals surface area (Å²) in [5.41, 5.74) is 0.649. The molecule has 0 N–H and O–H groups in total. The Hall–Kier alpha value is -2.57. The summed E-state index contributed by atoms with van der Waals surface area (Å²) >= 11 is 0. The Bertz CT molecular complexity index is 751. The van der Waals surface area contributed by atoms with E-state index in [4.69, 9.17) is 13.7 Å². The third-order valence-electron chi connectivity index (χ3n) is 3.55. The van der Waals surface area contributed by atoms with E-state index in [-0.39, 0.29) is 12.0 Å². The van der Waals surface area contributed by atoms with Crippen LogP contribution in [0.25, 0.3) is 0 Å². The minimum absolute atomic E-state index is 0.111. The van der Waals surface area contributed by atoms with Gasteiger partial charge in [0.05, 0.1) is 24.8 Å².